The molecular formula is C9H19NOS. The van der Waals surface area contributed by atoms with Crippen LogP contribution in [-0.4, -0.2) is 35.3 Å². The molecule has 0 spiro atoms. The van der Waals surface area contributed by atoms with Gasteiger partial charge in [-0.15, -0.1) is 0 Å². The standard InChI is InChI=1S/C9H19NOS/c1-2-5-12-7-9(11)6-10-8-3-4-8/h8-11H,2-7H2,1H3. The lowest BCUT2D eigenvalue weighted by molar-refractivity contribution is 0.195. The van der Waals surface area contributed by atoms with Gasteiger partial charge in [0.2, 0.25) is 0 Å². The van der Waals surface area contributed by atoms with Crippen molar-refractivity contribution in [2.24, 2.45) is 0 Å². The third-order valence-electron chi connectivity index (χ3n) is 1.88. The molecule has 1 aliphatic rings. The molecule has 0 saturated heterocycles. The molecule has 2 N–H and O–H groups in total. The van der Waals surface area contributed by atoms with Gasteiger partial charge < -0.3 is 10.4 Å². The third-order valence-corrected chi connectivity index (χ3v) is 3.20. The van der Waals surface area contributed by atoms with Crippen LogP contribution in [0.15, 0.2) is 0 Å². The molecule has 2 nitrogen and oxygen atoms in total. The fourth-order valence-electron chi connectivity index (χ4n) is 1.01. The maximum absolute atomic E-state index is 9.47. The van der Waals surface area contributed by atoms with Crippen LogP contribution >= 0.6 is 11.8 Å². The van der Waals surface area contributed by atoms with Gasteiger partial charge in [-0.05, 0) is 25.0 Å². The Morgan fingerprint density at radius 1 is 1.58 bits per heavy atom. The van der Waals surface area contributed by atoms with Crippen molar-refractivity contribution in [2.45, 2.75) is 38.3 Å². The van der Waals surface area contributed by atoms with Crippen molar-refractivity contribution in [2.75, 3.05) is 18.1 Å². The number of hydrogen-bond acceptors (Lipinski definition) is 3. The Labute approximate surface area is 79.1 Å². The van der Waals surface area contributed by atoms with Crippen molar-refractivity contribution in [3.63, 3.8) is 0 Å². The molecule has 0 aromatic rings. The average Bonchev–Trinajstić information content (AvgIpc) is 2.84. The number of aliphatic hydroxyl groups excluding tert-OH is 1. The zero-order valence-corrected chi connectivity index (χ0v) is 8.57. The van der Waals surface area contributed by atoms with Gasteiger partial charge in [0, 0.05) is 18.3 Å². The molecule has 1 saturated carbocycles. The average molecular weight is 189 g/mol. The molecule has 72 valence electrons. The highest BCUT2D eigenvalue weighted by molar-refractivity contribution is 7.99. The summed E-state index contributed by atoms with van der Waals surface area (Å²) >= 11 is 1.84. The fraction of sp³-hybridized carbons (Fsp3) is 1.00. The minimum atomic E-state index is -0.151. The summed E-state index contributed by atoms with van der Waals surface area (Å²) in [5.41, 5.74) is 0. The minimum absolute atomic E-state index is 0.151. The van der Waals surface area contributed by atoms with Crippen LogP contribution < -0.4 is 5.32 Å². The van der Waals surface area contributed by atoms with E-state index in [1.54, 1.807) is 0 Å². The highest BCUT2D eigenvalue weighted by atomic mass is 32.2. The second kappa shape index (κ2) is 5.84. The molecule has 0 radical (unpaired) electrons. The van der Waals surface area contributed by atoms with Gasteiger partial charge in [0.05, 0.1) is 6.10 Å². The molecule has 1 rings (SSSR count). The van der Waals surface area contributed by atoms with Gasteiger partial charge in [0.15, 0.2) is 0 Å². The summed E-state index contributed by atoms with van der Waals surface area (Å²) in [6.07, 6.45) is 3.65. The van der Waals surface area contributed by atoms with E-state index in [-0.39, 0.29) is 6.10 Å². The fourth-order valence-corrected chi connectivity index (χ4v) is 1.86. The molecule has 0 bridgehead atoms. The highest BCUT2D eigenvalue weighted by Crippen LogP contribution is 2.18. The van der Waals surface area contributed by atoms with E-state index in [0.29, 0.717) is 0 Å². The van der Waals surface area contributed by atoms with E-state index in [0.717, 1.165) is 18.3 Å². The van der Waals surface area contributed by atoms with E-state index in [2.05, 4.69) is 12.2 Å². The first kappa shape index (κ1) is 10.4. The number of hydrogen-bond donors (Lipinski definition) is 2. The zero-order chi connectivity index (χ0) is 8.81. The number of nitrogens with one attached hydrogen (secondary N) is 1. The summed E-state index contributed by atoms with van der Waals surface area (Å²) in [4.78, 5) is 0. The third kappa shape index (κ3) is 5.01. The van der Waals surface area contributed by atoms with Crippen LogP contribution in [0.5, 0.6) is 0 Å². The molecule has 12 heavy (non-hydrogen) atoms. The van der Waals surface area contributed by atoms with Crippen LogP contribution in [0, 0.1) is 0 Å². The molecule has 1 atom stereocenters. The summed E-state index contributed by atoms with van der Waals surface area (Å²) in [6.45, 7) is 2.95. The largest absolute Gasteiger partial charge is 0.391 e. The first-order valence-electron chi connectivity index (χ1n) is 4.82. The van der Waals surface area contributed by atoms with E-state index in [1.165, 1.54) is 25.0 Å². The van der Waals surface area contributed by atoms with Gasteiger partial charge in [0.1, 0.15) is 0 Å². The molecule has 0 heterocycles. The topological polar surface area (TPSA) is 32.3 Å². The van der Waals surface area contributed by atoms with Crippen LogP contribution in [0.25, 0.3) is 0 Å². The maximum atomic E-state index is 9.47. The Kier molecular flexibility index (Phi) is 5.04. The molecular weight excluding hydrogens is 170 g/mol. The number of thioether (sulfide) groups is 1. The highest BCUT2D eigenvalue weighted by Gasteiger charge is 2.20. The van der Waals surface area contributed by atoms with Crippen LogP contribution in [0.1, 0.15) is 26.2 Å². The molecule has 0 aromatic carbocycles. The van der Waals surface area contributed by atoms with E-state index >= 15 is 0 Å². The monoisotopic (exact) mass is 189 g/mol. The second-order valence-corrected chi connectivity index (χ2v) is 4.56. The second-order valence-electron chi connectivity index (χ2n) is 3.41. The van der Waals surface area contributed by atoms with Crippen LogP contribution in [0.2, 0.25) is 0 Å². The predicted molar refractivity (Wildman–Crippen MR) is 54.6 cm³/mol. The summed E-state index contributed by atoms with van der Waals surface area (Å²) in [6, 6.07) is 0.718. The van der Waals surface area contributed by atoms with Crippen molar-refractivity contribution >= 4 is 11.8 Å². The van der Waals surface area contributed by atoms with E-state index < -0.39 is 0 Å². The van der Waals surface area contributed by atoms with Crippen molar-refractivity contribution in [3.8, 4) is 0 Å². The molecule has 0 amide bonds. The normalized spacial score (nSPS) is 19.5. The Morgan fingerprint density at radius 2 is 2.33 bits per heavy atom. The Balaban J connectivity index is 1.84. The van der Waals surface area contributed by atoms with Gasteiger partial charge in [-0.1, -0.05) is 6.92 Å². The van der Waals surface area contributed by atoms with E-state index in [9.17, 15) is 5.11 Å². The van der Waals surface area contributed by atoms with Crippen molar-refractivity contribution in [1.82, 2.24) is 5.32 Å². The smallest absolute Gasteiger partial charge is 0.0754 e. The van der Waals surface area contributed by atoms with Gasteiger partial charge >= 0.3 is 0 Å². The quantitative estimate of drug-likeness (QED) is 0.591. The van der Waals surface area contributed by atoms with E-state index in [1.807, 2.05) is 11.8 Å². The lowest BCUT2D eigenvalue weighted by atomic mass is 10.4. The maximum Gasteiger partial charge on any atom is 0.0754 e. The van der Waals surface area contributed by atoms with Gasteiger partial charge in [0.25, 0.3) is 0 Å². The number of rotatable bonds is 7. The predicted octanol–water partition coefficient (Wildman–Crippen LogP) is 1.24. The Bertz CT molecular complexity index is 117. The summed E-state index contributed by atoms with van der Waals surface area (Å²) in [5, 5.41) is 12.8. The van der Waals surface area contributed by atoms with Crippen LogP contribution in [0.4, 0.5) is 0 Å². The molecule has 1 unspecified atom stereocenters. The molecule has 1 aliphatic carbocycles. The lowest BCUT2D eigenvalue weighted by Gasteiger charge is -2.10. The molecule has 3 heteroatoms. The van der Waals surface area contributed by atoms with Gasteiger partial charge in [-0.2, -0.15) is 11.8 Å². The molecule has 0 aliphatic heterocycles. The first-order chi connectivity index (χ1) is 5.83. The summed E-state index contributed by atoms with van der Waals surface area (Å²) in [5.74, 6) is 2.05. The molecule has 1 fully saturated rings. The van der Waals surface area contributed by atoms with E-state index in [4.69, 9.17) is 0 Å². The van der Waals surface area contributed by atoms with Crippen LogP contribution in [-0.2, 0) is 0 Å². The minimum Gasteiger partial charge on any atom is -0.391 e. The summed E-state index contributed by atoms with van der Waals surface area (Å²) < 4.78 is 0. The van der Waals surface area contributed by atoms with Crippen molar-refractivity contribution in [1.29, 1.82) is 0 Å². The lowest BCUT2D eigenvalue weighted by Crippen LogP contribution is -2.29. The van der Waals surface area contributed by atoms with Crippen molar-refractivity contribution in [3.05, 3.63) is 0 Å². The van der Waals surface area contributed by atoms with Crippen molar-refractivity contribution < 1.29 is 5.11 Å². The first-order valence-corrected chi connectivity index (χ1v) is 5.97. The Hall–Kier alpha value is 0.270. The zero-order valence-electron chi connectivity index (χ0n) is 7.75. The number of aliphatic hydroxyl groups is 1. The Morgan fingerprint density at radius 3 is 2.92 bits per heavy atom. The van der Waals surface area contributed by atoms with Gasteiger partial charge in [-0.25, -0.2) is 0 Å². The SMILES string of the molecule is CCCSCC(O)CNC1CC1. The van der Waals surface area contributed by atoms with Crippen LogP contribution in [0.3, 0.4) is 0 Å². The summed E-state index contributed by atoms with van der Waals surface area (Å²) in [7, 11) is 0. The molecule has 0 aromatic heterocycles. The van der Waals surface area contributed by atoms with Gasteiger partial charge in [-0.3, -0.25) is 0 Å².